The van der Waals surface area contributed by atoms with Gasteiger partial charge >= 0.3 is 6.09 Å². The lowest BCUT2D eigenvalue weighted by Crippen LogP contribution is -2.13. The lowest BCUT2D eigenvalue weighted by molar-refractivity contribution is 0.153. The predicted molar refractivity (Wildman–Crippen MR) is 97.4 cm³/mol. The van der Waals surface area contributed by atoms with E-state index in [0.717, 1.165) is 5.56 Å². The third-order valence-corrected chi connectivity index (χ3v) is 3.69. The van der Waals surface area contributed by atoms with E-state index in [1.807, 2.05) is 42.5 Å². The highest BCUT2D eigenvalue weighted by atomic mass is 16.5. The average molecular weight is 353 g/mol. The molecule has 0 radical (unpaired) electrons. The van der Waals surface area contributed by atoms with Gasteiger partial charge in [0.1, 0.15) is 6.61 Å². The molecule has 3 aromatic rings. The Kier molecular flexibility index (Phi) is 5.38. The Hall–Kier alpha value is -3.48. The lowest BCUT2D eigenvalue weighted by Gasteiger charge is -2.08. The van der Waals surface area contributed by atoms with Crippen LogP contribution in [0.25, 0.3) is 11.3 Å². The molecule has 7 heteroatoms. The van der Waals surface area contributed by atoms with Crippen molar-refractivity contribution in [2.75, 3.05) is 19.5 Å². The first-order chi connectivity index (χ1) is 12.7. The van der Waals surface area contributed by atoms with Crippen LogP contribution in [0.15, 0.2) is 54.6 Å². The maximum absolute atomic E-state index is 11.8. The van der Waals surface area contributed by atoms with E-state index in [1.165, 1.54) is 0 Å². The highest BCUT2D eigenvalue weighted by Gasteiger charge is 2.10. The number of anilines is 1. The van der Waals surface area contributed by atoms with Crippen LogP contribution in [-0.2, 0) is 11.3 Å². The molecule has 0 aliphatic heterocycles. The van der Waals surface area contributed by atoms with Gasteiger partial charge in [0.2, 0.25) is 0 Å². The molecule has 0 fully saturated rings. The highest BCUT2D eigenvalue weighted by Crippen LogP contribution is 2.31. The van der Waals surface area contributed by atoms with Gasteiger partial charge in [0.15, 0.2) is 11.5 Å². The quantitative estimate of drug-likeness (QED) is 0.703. The van der Waals surface area contributed by atoms with Gasteiger partial charge in [-0.1, -0.05) is 18.2 Å². The van der Waals surface area contributed by atoms with Crippen LogP contribution in [0.5, 0.6) is 11.5 Å². The number of H-pyrrole nitrogens is 1. The predicted octanol–water partition coefficient (Wildman–Crippen LogP) is 3.84. The molecule has 1 heterocycles. The summed E-state index contributed by atoms with van der Waals surface area (Å²) in [6.07, 6.45) is -0.529. The molecular formula is C19H19N3O4. The van der Waals surface area contributed by atoms with Gasteiger partial charge in [-0.3, -0.25) is 10.4 Å². The fourth-order valence-electron chi connectivity index (χ4n) is 2.40. The molecule has 0 unspecified atom stereocenters. The van der Waals surface area contributed by atoms with Crippen molar-refractivity contribution in [3.8, 4) is 22.8 Å². The molecule has 0 atom stereocenters. The normalized spacial score (nSPS) is 10.2. The molecule has 0 spiro atoms. The van der Waals surface area contributed by atoms with E-state index < -0.39 is 6.09 Å². The maximum Gasteiger partial charge on any atom is 0.412 e. The Morgan fingerprint density at radius 1 is 1.04 bits per heavy atom. The van der Waals surface area contributed by atoms with Crippen LogP contribution in [0.1, 0.15) is 5.69 Å². The Balaban J connectivity index is 1.62. The first-order valence-corrected chi connectivity index (χ1v) is 7.95. The third kappa shape index (κ3) is 4.13. The van der Waals surface area contributed by atoms with Crippen LogP contribution in [-0.4, -0.2) is 30.5 Å². The number of hydrogen-bond donors (Lipinski definition) is 2. The van der Waals surface area contributed by atoms with Gasteiger partial charge in [-0.05, 0) is 36.4 Å². The molecule has 134 valence electrons. The minimum absolute atomic E-state index is 0.0823. The van der Waals surface area contributed by atoms with E-state index in [0.29, 0.717) is 28.6 Å². The van der Waals surface area contributed by atoms with Crippen molar-refractivity contribution in [1.29, 1.82) is 0 Å². The van der Waals surface area contributed by atoms with Crippen LogP contribution < -0.4 is 14.8 Å². The van der Waals surface area contributed by atoms with E-state index in [4.69, 9.17) is 14.2 Å². The van der Waals surface area contributed by atoms with Crippen LogP contribution in [0.4, 0.5) is 10.5 Å². The second kappa shape index (κ2) is 8.06. The van der Waals surface area contributed by atoms with E-state index in [9.17, 15) is 4.79 Å². The number of para-hydroxylation sites is 1. The number of ether oxygens (including phenoxy) is 3. The summed E-state index contributed by atoms with van der Waals surface area (Å²) < 4.78 is 15.7. The van der Waals surface area contributed by atoms with Crippen molar-refractivity contribution in [2.24, 2.45) is 0 Å². The summed E-state index contributed by atoms with van der Waals surface area (Å²) in [7, 11) is 3.17. The summed E-state index contributed by atoms with van der Waals surface area (Å²) in [4.78, 5) is 11.8. The topological polar surface area (TPSA) is 85.5 Å². The van der Waals surface area contributed by atoms with E-state index in [2.05, 4.69) is 15.5 Å². The van der Waals surface area contributed by atoms with Crippen LogP contribution in [0.2, 0.25) is 0 Å². The number of nitrogens with zero attached hydrogens (tertiary/aromatic N) is 1. The molecule has 26 heavy (non-hydrogen) atoms. The summed E-state index contributed by atoms with van der Waals surface area (Å²) >= 11 is 0. The monoisotopic (exact) mass is 353 g/mol. The second-order valence-corrected chi connectivity index (χ2v) is 5.42. The number of hydrogen-bond acceptors (Lipinski definition) is 5. The van der Waals surface area contributed by atoms with Crippen LogP contribution in [0.3, 0.4) is 0 Å². The molecule has 2 aromatic carbocycles. The number of carbonyl (C=O) groups is 1. The maximum atomic E-state index is 11.8. The molecule has 1 aromatic heterocycles. The Morgan fingerprint density at radius 2 is 1.81 bits per heavy atom. The SMILES string of the molecule is COc1ccc(-c2cc(COC(=O)Nc3ccccc3)[nH]n2)cc1OC. The summed E-state index contributed by atoms with van der Waals surface area (Å²) in [5, 5.41) is 9.76. The number of rotatable bonds is 6. The Bertz CT molecular complexity index is 878. The van der Waals surface area contributed by atoms with Crippen LogP contribution in [0, 0.1) is 0 Å². The average Bonchev–Trinajstić information content (AvgIpc) is 3.15. The first kappa shape index (κ1) is 17.3. The zero-order valence-corrected chi connectivity index (χ0v) is 14.5. The number of aromatic amines is 1. The summed E-state index contributed by atoms with van der Waals surface area (Å²) in [5.74, 6) is 1.26. The highest BCUT2D eigenvalue weighted by molar-refractivity contribution is 5.84. The zero-order chi connectivity index (χ0) is 18.4. The van der Waals surface area contributed by atoms with Gasteiger partial charge < -0.3 is 14.2 Å². The van der Waals surface area contributed by atoms with Gasteiger partial charge in [-0.15, -0.1) is 0 Å². The van der Waals surface area contributed by atoms with Gasteiger partial charge in [-0.25, -0.2) is 4.79 Å². The van der Waals surface area contributed by atoms with Crippen LogP contribution >= 0.6 is 0 Å². The minimum Gasteiger partial charge on any atom is -0.493 e. The van der Waals surface area contributed by atoms with Crippen molar-refractivity contribution >= 4 is 11.8 Å². The number of benzene rings is 2. The smallest absolute Gasteiger partial charge is 0.412 e. The fraction of sp³-hybridized carbons (Fsp3) is 0.158. The van der Waals surface area contributed by atoms with Gasteiger partial charge in [0, 0.05) is 11.3 Å². The summed E-state index contributed by atoms with van der Waals surface area (Å²) in [5.41, 5.74) is 2.93. The Labute approximate surface area is 150 Å². The molecule has 0 saturated carbocycles. The molecule has 1 amide bonds. The Morgan fingerprint density at radius 3 is 2.54 bits per heavy atom. The summed E-state index contributed by atoms with van der Waals surface area (Å²) in [6.45, 7) is 0.0823. The largest absolute Gasteiger partial charge is 0.493 e. The fourth-order valence-corrected chi connectivity index (χ4v) is 2.40. The minimum atomic E-state index is -0.529. The number of aromatic nitrogens is 2. The van der Waals surface area contributed by atoms with E-state index >= 15 is 0 Å². The van der Waals surface area contributed by atoms with Gasteiger partial charge in [0.25, 0.3) is 0 Å². The molecule has 0 saturated heterocycles. The lowest BCUT2D eigenvalue weighted by atomic mass is 10.1. The van der Waals surface area contributed by atoms with Crippen molar-refractivity contribution in [2.45, 2.75) is 6.61 Å². The third-order valence-electron chi connectivity index (χ3n) is 3.69. The second-order valence-electron chi connectivity index (χ2n) is 5.42. The van der Waals surface area contributed by atoms with Crippen molar-refractivity contribution in [3.05, 3.63) is 60.3 Å². The van der Waals surface area contributed by atoms with Crippen molar-refractivity contribution < 1.29 is 19.0 Å². The van der Waals surface area contributed by atoms with Crippen molar-refractivity contribution in [1.82, 2.24) is 10.2 Å². The number of methoxy groups -OCH3 is 2. The van der Waals surface area contributed by atoms with E-state index in [1.54, 1.807) is 26.4 Å². The zero-order valence-electron chi connectivity index (χ0n) is 14.5. The van der Waals surface area contributed by atoms with E-state index in [-0.39, 0.29) is 6.61 Å². The molecule has 7 nitrogen and oxygen atoms in total. The molecular weight excluding hydrogens is 334 g/mol. The van der Waals surface area contributed by atoms with Crippen molar-refractivity contribution in [3.63, 3.8) is 0 Å². The standard InChI is InChI=1S/C19H19N3O4/c1-24-17-9-8-13(10-18(17)25-2)16-11-15(21-22-16)12-26-19(23)20-14-6-4-3-5-7-14/h3-11H,12H2,1-2H3,(H,20,23)(H,21,22). The van der Waals surface area contributed by atoms with Gasteiger partial charge in [0.05, 0.1) is 25.6 Å². The number of carbonyl (C=O) groups excluding carboxylic acids is 1. The number of nitrogens with one attached hydrogen (secondary N) is 2. The molecule has 0 aliphatic rings. The molecule has 3 rings (SSSR count). The molecule has 2 N–H and O–H groups in total. The molecule has 0 bridgehead atoms. The summed E-state index contributed by atoms with van der Waals surface area (Å²) in [6, 6.07) is 16.4. The van der Waals surface area contributed by atoms with Gasteiger partial charge in [-0.2, -0.15) is 5.10 Å². The number of amides is 1. The molecule has 0 aliphatic carbocycles. The first-order valence-electron chi connectivity index (χ1n) is 7.95.